The highest BCUT2D eigenvalue weighted by Crippen LogP contribution is 2.39. The highest BCUT2D eigenvalue weighted by atomic mass is 35.5. The number of nitrogens with zero attached hydrogens (tertiary/aromatic N) is 6. The number of piperidine rings is 3. The van der Waals surface area contributed by atoms with Crippen LogP contribution in [0, 0.1) is 5.92 Å². The van der Waals surface area contributed by atoms with Crippen molar-refractivity contribution in [3.8, 4) is 34.5 Å². The highest BCUT2D eigenvalue weighted by molar-refractivity contribution is 6.33. The molecular weight excluding hydrogens is 1500 g/mol. The van der Waals surface area contributed by atoms with Crippen molar-refractivity contribution in [1.29, 1.82) is 0 Å². The van der Waals surface area contributed by atoms with Crippen LogP contribution < -0.4 is 0 Å². The minimum atomic E-state index is -0.755. The van der Waals surface area contributed by atoms with Gasteiger partial charge in [0.15, 0.2) is 19.8 Å². The molecule has 6 aromatic carbocycles. The number of carbonyl (C=O) groups excluding carboxylic acids is 6. The van der Waals surface area contributed by atoms with Crippen LogP contribution in [0.25, 0.3) is 0 Å². The van der Waals surface area contributed by atoms with Crippen LogP contribution >= 0.6 is 11.6 Å². The average molecular weight is 1600 g/mol. The van der Waals surface area contributed by atoms with E-state index in [0.29, 0.717) is 105 Å². The molecule has 3 fully saturated rings. The summed E-state index contributed by atoms with van der Waals surface area (Å²) >= 11 is 6.35. The zero-order chi connectivity index (χ0) is 81.8. The smallest absolute Gasteiger partial charge is 0.342 e. The summed E-state index contributed by atoms with van der Waals surface area (Å²) in [5.74, 6) is -3.00. The second-order valence-corrected chi connectivity index (χ2v) is 29.3. The third kappa shape index (κ3) is 27.1. The number of rotatable bonds is 13. The fourth-order valence-electron chi connectivity index (χ4n) is 14.4. The third-order valence-corrected chi connectivity index (χ3v) is 21.0. The lowest BCUT2D eigenvalue weighted by molar-refractivity contribution is -0.138. The molecule has 0 atom stereocenters. The Morgan fingerprint density at radius 2 is 0.733 bits per heavy atom. The SMILES string of the molecule is O=C1OCC/C=C/CC/C=C/C(=N/OCC(=O)N2CCC(Cc3ccccc3)CC2)Cc2c(Cl)c(O)cc(O)c21.O=C1OCC/C=C/CC/C=C/C(=N/OCC(=O)N2CCC(c3ccccc3)CC2)Cc2cc(O)cc(O)c21.O=C1OCC/C=C/CC/C=C/C(=N\OCC(=O)N2CCC(c3ccccc3)CC2)Cc2cc(O)cc(O)c21. The van der Waals surface area contributed by atoms with Crippen LogP contribution in [-0.4, -0.2) is 177 Å². The fraction of sp³-hybridized carbons (Fsp3) is 0.374. The maximum absolute atomic E-state index is 12.8. The zero-order valence-electron chi connectivity index (χ0n) is 65.3. The van der Waals surface area contributed by atoms with Crippen molar-refractivity contribution in [2.45, 2.75) is 134 Å². The number of allylic oxidation sites excluding steroid dienone is 9. The summed E-state index contributed by atoms with van der Waals surface area (Å²) in [4.78, 5) is 98.3. The number of aromatic hydroxyl groups is 6. The predicted molar refractivity (Wildman–Crippen MR) is 442 cm³/mol. The molecule has 0 bridgehead atoms. The van der Waals surface area contributed by atoms with Gasteiger partial charge in [-0.15, -0.1) is 0 Å². The number of phenols is 6. The van der Waals surface area contributed by atoms with Crippen molar-refractivity contribution in [2.75, 3.05) is 78.9 Å². The monoisotopic (exact) mass is 1600 g/mol. The van der Waals surface area contributed by atoms with Gasteiger partial charge in [-0.2, -0.15) is 0 Å². The molecule has 0 spiro atoms. The van der Waals surface area contributed by atoms with E-state index in [9.17, 15) is 59.4 Å². The lowest BCUT2D eigenvalue weighted by Gasteiger charge is -2.32. The quantitative estimate of drug-likeness (QED) is 0.0271. The molecule has 24 nitrogen and oxygen atoms in total. The van der Waals surface area contributed by atoms with E-state index in [1.165, 1.54) is 28.8 Å². The molecule has 6 heterocycles. The summed E-state index contributed by atoms with van der Waals surface area (Å²) in [7, 11) is 0. The van der Waals surface area contributed by atoms with E-state index in [-0.39, 0.29) is 133 Å². The van der Waals surface area contributed by atoms with Crippen LogP contribution in [-0.2, 0) is 68.8 Å². The van der Waals surface area contributed by atoms with Crippen LogP contribution in [0.3, 0.4) is 0 Å². The number of carbonyl (C=O) groups is 6. The maximum atomic E-state index is 12.8. The number of esters is 3. The maximum Gasteiger partial charge on any atom is 0.342 e. The van der Waals surface area contributed by atoms with Crippen LogP contribution in [0.4, 0.5) is 0 Å². The Kier molecular flexibility index (Phi) is 34.2. The lowest BCUT2D eigenvalue weighted by atomic mass is 9.89. The fourth-order valence-corrected chi connectivity index (χ4v) is 14.6. The third-order valence-electron chi connectivity index (χ3n) is 20.6. The lowest BCUT2D eigenvalue weighted by Crippen LogP contribution is -2.40. The first-order chi connectivity index (χ1) is 56.4. The molecule has 116 heavy (non-hydrogen) atoms. The van der Waals surface area contributed by atoms with Gasteiger partial charge >= 0.3 is 17.9 Å². The largest absolute Gasteiger partial charge is 0.508 e. The molecule has 0 saturated carbocycles. The second-order valence-electron chi connectivity index (χ2n) is 29.0. The number of cyclic esters (lactones) is 3. The Hall–Kier alpha value is -11.9. The number of phenolic OH excluding ortho intramolecular Hbond substituents is 6. The first-order valence-electron chi connectivity index (χ1n) is 39.8. The Labute approximate surface area is 681 Å². The van der Waals surface area contributed by atoms with Crippen molar-refractivity contribution in [3.05, 3.63) is 249 Å². The number of likely N-dealkylation sites (tertiary alicyclic amines) is 3. The van der Waals surface area contributed by atoms with Gasteiger partial charge in [-0.25, -0.2) is 14.4 Å². The average Bonchev–Trinajstić information content (AvgIpc) is 0.798. The van der Waals surface area contributed by atoms with Crippen LogP contribution in [0.15, 0.2) is 210 Å². The Morgan fingerprint density at radius 3 is 1.13 bits per heavy atom. The summed E-state index contributed by atoms with van der Waals surface area (Å²) in [6.45, 7) is 3.89. The van der Waals surface area contributed by atoms with Crippen LogP contribution in [0.2, 0.25) is 5.02 Å². The van der Waals surface area contributed by atoms with E-state index in [2.05, 4.69) is 51.9 Å². The van der Waals surface area contributed by atoms with E-state index < -0.39 is 23.7 Å². The minimum absolute atomic E-state index is 0.0256. The Morgan fingerprint density at radius 1 is 0.397 bits per heavy atom. The number of ether oxygens (including phenoxy) is 3. The van der Waals surface area contributed by atoms with Crippen molar-refractivity contribution in [3.63, 3.8) is 0 Å². The van der Waals surface area contributed by atoms with E-state index in [4.69, 9.17) is 40.3 Å². The zero-order valence-corrected chi connectivity index (χ0v) is 66.0. The van der Waals surface area contributed by atoms with Gasteiger partial charge in [0.1, 0.15) is 51.2 Å². The summed E-state index contributed by atoms with van der Waals surface area (Å²) in [6, 6.07) is 37.1. The summed E-state index contributed by atoms with van der Waals surface area (Å²) in [5, 5.41) is 73.9. The van der Waals surface area contributed by atoms with Gasteiger partial charge in [0.05, 0.1) is 42.0 Å². The van der Waals surface area contributed by atoms with Crippen molar-refractivity contribution < 1.29 is 88.1 Å². The summed E-state index contributed by atoms with van der Waals surface area (Å²) < 4.78 is 15.9. The van der Waals surface area contributed by atoms with E-state index >= 15 is 0 Å². The van der Waals surface area contributed by atoms with Gasteiger partial charge < -0.3 is 74.1 Å². The summed E-state index contributed by atoms with van der Waals surface area (Å²) in [6.07, 6.45) is 35.9. The van der Waals surface area contributed by atoms with Gasteiger partial charge in [-0.1, -0.05) is 173 Å². The number of halogens is 1. The molecule has 6 aliphatic rings. The predicted octanol–water partition coefficient (Wildman–Crippen LogP) is 15.3. The summed E-state index contributed by atoms with van der Waals surface area (Å²) in [5.41, 5.74) is 5.86. The van der Waals surface area contributed by atoms with Crippen LogP contribution in [0.5, 0.6) is 34.5 Å². The molecule has 612 valence electrons. The van der Waals surface area contributed by atoms with Gasteiger partial charge in [-0.05, 0) is 184 Å². The Balaban J connectivity index is 0.000000184. The van der Waals surface area contributed by atoms with E-state index in [0.717, 1.165) is 102 Å². The van der Waals surface area contributed by atoms with E-state index in [1.807, 2.05) is 109 Å². The molecule has 6 aliphatic heterocycles. The standard InChI is InChI=1S/C31H35ClN2O6.2C30H34N2O6/c32-30-25-19-24(12-8-3-1-2-4-9-17-39-31(38)29(25)26(35)20-27(30)36)33-40-21-28(37)34-15-13-23(14-16-34)18-22-10-6-5-7-11-22;2*33-26-19-24-18-25(12-8-3-1-2-4-9-17-37-30(36)29(24)27(34)20-26)31-38-21-28(35)32-15-13-23(14-16-32)22-10-6-5-7-11-22/h2,4-8,10-12,20,23,35-36H,1,3,9,13-19,21H2;2*2,4-8,10-12,19-20,23,33-34H,1,3,9,13-18,21H2/b4-2+,12-8+,33-24-;4-2+,12-8+,31-25+;4-2+,12-8+,31-25-. The number of fused-ring (bicyclic) bond motifs is 3. The van der Waals surface area contributed by atoms with Crippen molar-refractivity contribution in [1.82, 2.24) is 14.7 Å². The normalized spacial score (nSPS) is 20.0. The first kappa shape index (κ1) is 86.5. The molecule has 0 aromatic heterocycles. The van der Waals surface area contributed by atoms with Gasteiger partial charge in [0, 0.05) is 76.7 Å². The number of oxime groups is 3. The molecule has 3 saturated heterocycles. The first-order valence-corrected chi connectivity index (χ1v) is 40.1. The molecule has 0 aliphatic carbocycles. The molecule has 0 radical (unpaired) electrons. The highest BCUT2D eigenvalue weighted by Gasteiger charge is 2.30. The Bertz CT molecular complexity index is 4380. The van der Waals surface area contributed by atoms with Gasteiger partial charge in [-0.3, -0.25) is 14.4 Å². The molecule has 0 unspecified atom stereocenters. The molecule has 12 rings (SSSR count). The van der Waals surface area contributed by atoms with Gasteiger partial charge in [0.25, 0.3) is 17.7 Å². The number of amides is 3. The molecular formula is C91H103ClN6O18. The minimum Gasteiger partial charge on any atom is -0.508 e. The van der Waals surface area contributed by atoms with Gasteiger partial charge in [0.2, 0.25) is 0 Å². The van der Waals surface area contributed by atoms with Crippen molar-refractivity contribution in [2.24, 2.45) is 21.4 Å². The number of hydrogen-bond acceptors (Lipinski definition) is 21. The molecule has 6 aromatic rings. The van der Waals surface area contributed by atoms with Crippen molar-refractivity contribution >= 4 is 64.4 Å². The molecule has 25 heteroatoms. The topological polar surface area (TPSA) is 326 Å². The number of hydrogen-bond donors (Lipinski definition) is 6. The van der Waals surface area contributed by atoms with Crippen LogP contribution in [0.1, 0.15) is 173 Å². The molecule has 6 N–H and O–H groups in total. The van der Waals surface area contributed by atoms with E-state index in [1.54, 1.807) is 32.9 Å². The number of benzene rings is 6. The molecule has 3 amide bonds. The second kappa shape index (κ2) is 45.8.